The number of hydrogen-bond donors (Lipinski definition) is 1. The lowest BCUT2D eigenvalue weighted by molar-refractivity contribution is 1.01. The summed E-state index contributed by atoms with van der Waals surface area (Å²) >= 11 is 3.13. The molecule has 0 amide bonds. The molecule has 1 N–H and O–H groups in total. The molecule has 1 aromatic rings. The Bertz CT molecular complexity index is 307. The maximum atomic E-state index is 11.0. The highest BCUT2D eigenvalue weighted by Crippen LogP contribution is 2.15. The van der Waals surface area contributed by atoms with Gasteiger partial charge in [0, 0.05) is 14.1 Å². The van der Waals surface area contributed by atoms with Crippen molar-refractivity contribution in [3.05, 3.63) is 21.2 Å². The molecule has 5 heteroatoms. The summed E-state index contributed by atoms with van der Waals surface area (Å²) in [5, 5.41) is 0. The number of rotatable bonds is 1. The zero-order valence-electron chi connectivity index (χ0n) is 6.26. The third-order valence-corrected chi connectivity index (χ3v) is 1.92. The van der Waals surface area contributed by atoms with Crippen molar-refractivity contribution >= 4 is 21.7 Å². The van der Waals surface area contributed by atoms with Crippen molar-refractivity contribution in [2.45, 2.75) is 0 Å². The van der Waals surface area contributed by atoms with Crippen LogP contribution in [0.25, 0.3) is 0 Å². The van der Waals surface area contributed by atoms with Gasteiger partial charge < -0.3 is 9.88 Å². The van der Waals surface area contributed by atoms with Gasteiger partial charge in [0.15, 0.2) is 0 Å². The van der Waals surface area contributed by atoms with Gasteiger partial charge in [-0.05, 0) is 15.9 Å². The molecule has 0 atom stereocenters. The van der Waals surface area contributed by atoms with E-state index < -0.39 is 0 Å². The van der Waals surface area contributed by atoms with Crippen molar-refractivity contribution in [2.75, 3.05) is 19.0 Å². The van der Waals surface area contributed by atoms with Crippen LogP contribution in [-0.4, -0.2) is 24.1 Å². The van der Waals surface area contributed by atoms with Crippen molar-refractivity contribution in [2.24, 2.45) is 0 Å². The fourth-order valence-corrected chi connectivity index (χ4v) is 1.26. The number of aromatic nitrogens is 2. The first-order valence-corrected chi connectivity index (χ1v) is 3.82. The van der Waals surface area contributed by atoms with Gasteiger partial charge in [0.1, 0.15) is 10.3 Å². The van der Waals surface area contributed by atoms with Crippen molar-refractivity contribution in [3.63, 3.8) is 0 Å². The lowest BCUT2D eigenvalue weighted by Gasteiger charge is -2.10. The van der Waals surface area contributed by atoms with Gasteiger partial charge in [-0.15, -0.1) is 0 Å². The van der Waals surface area contributed by atoms with Gasteiger partial charge in [-0.25, -0.2) is 4.98 Å². The third-order valence-electron chi connectivity index (χ3n) is 1.20. The van der Waals surface area contributed by atoms with Crippen LogP contribution in [0.1, 0.15) is 0 Å². The van der Waals surface area contributed by atoms with E-state index in [1.54, 1.807) is 4.90 Å². The first-order valence-electron chi connectivity index (χ1n) is 3.03. The smallest absolute Gasteiger partial charge is 0.267 e. The fraction of sp³-hybridized carbons (Fsp3) is 0.333. The highest BCUT2D eigenvalue weighted by molar-refractivity contribution is 9.10. The Balaban J connectivity index is 3.28. The molecule has 0 bridgehead atoms. The second kappa shape index (κ2) is 3.04. The van der Waals surface area contributed by atoms with E-state index in [9.17, 15) is 4.79 Å². The summed E-state index contributed by atoms with van der Waals surface area (Å²) in [6, 6.07) is 0. The normalized spacial score (nSPS) is 9.73. The van der Waals surface area contributed by atoms with Crippen LogP contribution in [0.2, 0.25) is 0 Å². The van der Waals surface area contributed by atoms with E-state index in [2.05, 4.69) is 25.9 Å². The highest BCUT2D eigenvalue weighted by atomic mass is 79.9. The van der Waals surface area contributed by atoms with Crippen molar-refractivity contribution in [1.82, 2.24) is 9.97 Å². The first-order chi connectivity index (χ1) is 5.13. The molecule has 1 heterocycles. The van der Waals surface area contributed by atoms with E-state index in [0.29, 0.717) is 10.3 Å². The summed E-state index contributed by atoms with van der Waals surface area (Å²) in [6.07, 6.45) is 1.38. The molecule has 0 saturated heterocycles. The lowest BCUT2D eigenvalue weighted by atomic mass is 10.5. The maximum Gasteiger partial charge on any atom is 0.267 e. The average molecular weight is 218 g/mol. The molecular formula is C6H8BrN3O. The van der Waals surface area contributed by atoms with Crippen LogP contribution in [0.3, 0.4) is 0 Å². The van der Waals surface area contributed by atoms with Crippen LogP contribution >= 0.6 is 15.9 Å². The Hall–Kier alpha value is -0.840. The standard InChI is InChI=1S/C6H8BrN3O/c1-10(2)5-4(7)6(11)9-3-8-5/h3H,1-2H3,(H,8,9,11). The van der Waals surface area contributed by atoms with E-state index in [4.69, 9.17) is 0 Å². The van der Waals surface area contributed by atoms with Crippen molar-refractivity contribution in [1.29, 1.82) is 0 Å². The topological polar surface area (TPSA) is 49.0 Å². The summed E-state index contributed by atoms with van der Waals surface area (Å²) < 4.78 is 0.463. The predicted octanol–water partition coefficient (Wildman–Crippen LogP) is 0.598. The Morgan fingerprint density at radius 1 is 1.64 bits per heavy atom. The predicted molar refractivity (Wildman–Crippen MR) is 46.9 cm³/mol. The fourth-order valence-electron chi connectivity index (χ4n) is 0.685. The number of anilines is 1. The molecule has 0 aliphatic rings. The zero-order chi connectivity index (χ0) is 8.43. The monoisotopic (exact) mass is 217 g/mol. The molecule has 1 rings (SSSR count). The minimum Gasteiger partial charge on any atom is -0.362 e. The molecule has 0 fully saturated rings. The molecule has 0 unspecified atom stereocenters. The van der Waals surface area contributed by atoms with E-state index >= 15 is 0 Å². The van der Waals surface area contributed by atoms with E-state index in [-0.39, 0.29) is 5.56 Å². The maximum absolute atomic E-state index is 11.0. The molecular weight excluding hydrogens is 210 g/mol. The average Bonchev–Trinajstić information content (AvgIpc) is 1.94. The van der Waals surface area contributed by atoms with Crippen molar-refractivity contribution in [3.8, 4) is 0 Å². The van der Waals surface area contributed by atoms with E-state index in [1.807, 2.05) is 14.1 Å². The van der Waals surface area contributed by atoms with Crippen LogP contribution in [0, 0.1) is 0 Å². The van der Waals surface area contributed by atoms with Gasteiger partial charge in [0.05, 0.1) is 6.33 Å². The Morgan fingerprint density at radius 2 is 2.27 bits per heavy atom. The second-order valence-electron chi connectivity index (χ2n) is 2.26. The molecule has 0 aliphatic heterocycles. The van der Waals surface area contributed by atoms with Gasteiger partial charge in [-0.3, -0.25) is 4.79 Å². The Kier molecular flexibility index (Phi) is 2.28. The van der Waals surface area contributed by atoms with Gasteiger partial charge in [-0.1, -0.05) is 0 Å². The van der Waals surface area contributed by atoms with Gasteiger partial charge in [0.2, 0.25) is 0 Å². The number of halogens is 1. The van der Waals surface area contributed by atoms with E-state index in [0.717, 1.165) is 0 Å². The minimum absolute atomic E-state index is 0.163. The summed E-state index contributed by atoms with van der Waals surface area (Å²) in [5.41, 5.74) is -0.163. The Labute approximate surface area is 72.4 Å². The van der Waals surface area contributed by atoms with Gasteiger partial charge in [0.25, 0.3) is 5.56 Å². The van der Waals surface area contributed by atoms with Gasteiger partial charge >= 0.3 is 0 Å². The zero-order valence-corrected chi connectivity index (χ0v) is 7.84. The van der Waals surface area contributed by atoms with Crippen LogP contribution in [-0.2, 0) is 0 Å². The summed E-state index contributed by atoms with van der Waals surface area (Å²) in [7, 11) is 3.65. The number of nitrogens with zero attached hydrogens (tertiary/aromatic N) is 2. The molecule has 4 nitrogen and oxygen atoms in total. The number of hydrogen-bond acceptors (Lipinski definition) is 3. The van der Waals surface area contributed by atoms with Crippen LogP contribution in [0.4, 0.5) is 5.82 Å². The number of H-pyrrole nitrogens is 1. The molecule has 1 aromatic heterocycles. The van der Waals surface area contributed by atoms with E-state index in [1.165, 1.54) is 6.33 Å². The number of nitrogens with one attached hydrogen (secondary N) is 1. The highest BCUT2D eigenvalue weighted by Gasteiger charge is 2.05. The van der Waals surface area contributed by atoms with Crippen molar-refractivity contribution < 1.29 is 0 Å². The van der Waals surface area contributed by atoms with Crippen LogP contribution < -0.4 is 10.5 Å². The lowest BCUT2D eigenvalue weighted by Crippen LogP contribution is -2.17. The first kappa shape index (κ1) is 8.26. The summed E-state index contributed by atoms with van der Waals surface area (Å²) in [4.78, 5) is 19.2. The molecule has 0 saturated carbocycles. The second-order valence-corrected chi connectivity index (χ2v) is 3.06. The number of aromatic amines is 1. The Morgan fingerprint density at radius 3 is 2.73 bits per heavy atom. The van der Waals surface area contributed by atoms with Crippen LogP contribution in [0.15, 0.2) is 15.6 Å². The molecule has 0 radical (unpaired) electrons. The summed E-state index contributed by atoms with van der Waals surface area (Å²) in [6.45, 7) is 0. The molecule has 11 heavy (non-hydrogen) atoms. The molecule has 0 aliphatic carbocycles. The third kappa shape index (κ3) is 1.59. The molecule has 60 valence electrons. The SMILES string of the molecule is CN(C)c1nc[nH]c(=O)c1Br. The molecule has 0 aromatic carbocycles. The largest absolute Gasteiger partial charge is 0.362 e. The summed E-state index contributed by atoms with van der Waals surface area (Å²) in [5.74, 6) is 0.633. The molecule has 0 spiro atoms. The van der Waals surface area contributed by atoms with Gasteiger partial charge in [-0.2, -0.15) is 0 Å². The minimum atomic E-state index is -0.163. The quantitative estimate of drug-likeness (QED) is 0.750. The van der Waals surface area contributed by atoms with Crippen LogP contribution in [0.5, 0.6) is 0 Å².